The molecule has 17 heavy (non-hydrogen) atoms. The summed E-state index contributed by atoms with van der Waals surface area (Å²) < 4.78 is 1.14. The molecule has 0 saturated carbocycles. The van der Waals surface area contributed by atoms with E-state index in [-0.39, 0.29) is 17.9 Å². The monoisotopic (exact) mass is 316 g/mol. The van der Waals surface area contributed by atoms with Gasteiger partial charge in [-0.15, -0.1) is 11.3 Å². The maximum Gasteiger partial charge on any atom is 0.240 e. The molecular weight excluding hydrogens is 300 g/mol. The van der Waals surface area contributed by atoms with Gasteiger partial charge in [0.05, 0.1) is 9.83 Å². The summed E-state index contributed by atoms with van der Waals surface area (Å²) >= 11 is 5.26. The van der Waals surface area contributed by atoms with Crippen molar-refractivity contribution in [2.45, 2.75) is 32.9 Å². The van der Waals surface area contributed by atoms with Gasteiger partial charge < -0.3 is 10.6 Å². The lowest BCUT2D eigenvalue weighted by Crippen LogP contribution is -2.47. The van der Waals surface area contributed by atoms with Crippen LogP contribution < -0.4 is 5.73 Å². The summed E-state index contributed by atoms with van der Waals surface area (Å²) in [7, 11) is 0. The van der Waals surface area contributed by atoms with Gasteiger partial charge in [0, 0.05) is 18.0 Å². The Balaban J connectivity index is 2.09. The van der Waals surface area contributed by atoms with Crippen molar-refractivity contribution in [3.63, 3.8) is 0 Å². The van der Waals surface area contributed by atoms with Crippen LogP contribution in [0.25, 0.3) is 0 Å². The fourth-order valence-electron chi connectivity index (χ4n) is 1.98. The number of carbonyl (C=O) groups excluding carboxylic acids is 1. The Morgan fingerprint density at radius 1 is 1.59 bits per heavy atom. The summed E-state index contributed by atoms with van der Waals surface area (Å²) in [5.74, 6) is 0.270. The number of carbonyl (C=O) groups is 1. The Morgan fingerprint density at radius 3 is 2.94 bits per heavy atom. The molecule has 1 aromatic heterocycles. The third kappa shape index (κ3) is 2.72. The topological polar surface area (TPSA) is 46.3 Å². The normalized spacial score (nSPS) is 17.1. The quantitative estimate of drug-likeness (QED) is 0.910. The molecule has 5 heteroatoms. The molecule has 0 aromatic carbocycles. The smallest absolute Gasteiger partial charge is 0.240 e. The fraction of sp³-hybridized carbons (Fsp3) is 0.583. The zero-order valence-corrected chi connectivity index (χ0v) is 12.5. The van der Waals surface area contributed by atoms with E-state index >= 15 is 0 Å². The van der Waals surface area contributed by atoms with Gasteiger partial charge in [-0.05, 0) is 39.9 Å². The molecule has 3 nitrogen and oxygen atoms in total. The molecule has 0 radical (unpaired) electrons. The van der Waals surface area contributed by atoms with Crippen molar-refractivity contribution in [1.82, 2.24) is 4.90 Å². The first-order valence-corrected chi connectivity index (χ1v) is 7.41. The molecule has 0 spiro atoms. The lowest BCUT2D eigenvalue weighted by Gasteiger charge is -2.30. The Morgan fingerprint density at radius 2 is 2.29 bits per heavy atom. The highest BCUT2D eigenvalue weighted by Crippen LogP contribution is 2.31. The maximum atomic E-state index is 12.1. The molecule has 1 amide bonds. The zero-order valence-electron chi connectivity index (χ0n) is 10.1. The van der Waals surface area contributed by atoms with Crippen LogP contribution in [0.2, 0.25) is 0 Å². The zero-order chi connectivity index (χ0) is 12.6. The number of nitrogens with zero attached hydrogens (tertiary/aromatic N) is 1. The summed E-state index contributed by atoms with van der Waals surface area (Å²) in [6.45, 7) is 5.47. The first-order valence-electron chi connectivity index (χ1n) is 5.80. The standard InChI is InChI=1S/C12H17BrN2OS/c1-7(2)11(14)12(16)15-4-3-9-8(6-15)5-10(13)17-9/h5,7,11H,3-4,6,14H2,1-2H3/t11-/m1/s1. The molecule has 0 fully saturated rings. The second-order valence-corrected chi connectivity index (χ2v) is 7.29. The van der Waals surface area contributed by atoms with Crippen LogP contribution in [-0.2, 0) is 17.8 Å². The summed E-state index contributed by atoms with van der Waals surface area (Å²) in [5.41, 5.74) is 7.18. The van der Waals surface area contributed by atoms with Crippen LogP contribution >= 0.6 is 27.3 Å². The van der Waals surface area contributed by atoms with E-state index in [2.05, 4.69) is 22.0 Å². The van der Waals surface area contributed by atoms with Crippen LogP contribution in [0.1, 0.15) is 24.3 Å². The number of fused-ring (bicyclic) bond motifs is 1. The maximum absolute atomic E-state index is 12.1. The van der Waals surface area contributed by atoms with Crippen LogP contribution in [-0.4, -0.2) is 23.4 Å². The molecule has 0 bridgehead atoms. The Bertz CT molecular complexity index is 430. The van der Waals surface area contributed by atoms with Gasteiger partial charge in [-0.25, -0.2) is 0 Å². The minimum Gasteiger partial charge on any atom is -0.337 e. The molecule has 1 aliphatic heterocycles. The SMILES string of the molecule is CC(C)[C@@H](N)C(=O)N1CCc2sc(Br)cc2C1. The van der Waals surface area contributed by atoms with Gasteiger partial charge in [-0.3, -0.25) is 4.79 Å². The molecule has 0 unspecified atom stereocenters. The van der Waals surface area contributed by atoms with E-state index in [4.69, 9.17) is 5.73 Å². The molecule has 2 N–H and O–H groups in total. The van der Waals surface area contributed by atoms with Crippen LogP contribution in [0.3, 0.4) is 0 Å². The van der Waals surface area contributed by atoms with Crippen molar-refractivity contribution in [1.29, 1.82) is 0 Å². The highest BCUT2D eigenvalue weighted by molar-refractivity contribution is 9.11. The molecule has 94 valence electrons. The minimum absolute atomic E-state index is 0.0768. The second-order valence-electron chi connectivity index (χ2n) is 4.78. The molecule has 2 heterocycles. The van der Waals surface area contributed by atoms with Gasteiger partial charge in [0.25, 0.3) is 0 Å². The fourth-order valence-corrected chi connectivity index (χ4v) is 3.73. The van der Waals surface area contributed by atoms with Crippen LogP contribution in [0, 0.1) is 5.92 Å². The van der Waals surface area contributed by atoms with Crippen molar-refractivity contribution >= 4 is 33.2 Å². The van der Waals surface area contributed by atoms with Crippen molar-refractivity contribution in [2.24, 2.45) is 11.7 Å². The molecule has 1 aromatic rings. The Labute approximate surface area is 114 Å². The van der Waals surface area contributed by atoms with Crippen molar-refractivity contribution in [3.05, 3.63) is 20.3 Å². The molecule has 0 saturated heterocycles. The third-order valence-electron chi connectivity index (χ3n) is 3.15. The highest BCUT2D eigenvalue weighted by Gasteiger charge is 2.27. The molecular formula is C12H17BrN2OS. The first-order chi connectivity index (χ1) is 7.99. The number of hydrogen-bond donors (Lipinski definition) is 1. The Kier molecular flexibility index (Phi) is 3.90. The summed E-state index contributed by atoms with van der Waals surface area (Å²) in [6.07, 6.45) is 0.947. The molecule has 2 rings (SSSR count). The summed E-state index contributed by atoms with van der Waals surface area (Å²) in [6, 6.07) is 1.74. The van der Waals surface area contributed by atoms with Crippen molar-refractivity contribution < 1.29 is 4.79 Å². The first kappa shape index (κ1) is 13.1. The van der Waals surface area contributed by atoms with Gasteiger partial charge in [-0.2, -0.15) is 0 Å². The lowest BCUT2D eigenvalue weighted by molar-refractivity contribution is -0.134. The minimum atomic E-state index is -0.376. The number of nitrogens with two attached hydrogens (primary N) is 1. The predicted octanol–water partition coefficient (Wildman–Crippen LogP) is 2.38. The third-order valence-corrected chi connectivity index (χ3v) is 4.89. The average molecular weight is 317 g/mol. The summed E-state index contributed by atoms with van der Waals surface area (Å²) in [4.78, 5) is 15.4. The Hall–Kier alpha value is -0.390. The van der Waals surface area contributed by atoms with E-state index in [0.29, 0.717) is 6.54 Å². The predicted molar refractivity (Wildman–Crippen MR) is 74.0 cm³/mol. The van der Waals surface area contributed by atoms with Gasteiger partial charge in [0.15, 0.2) is 0 Å². The number of amides is 1. The van der Waals surface area contributed by atoms with Crippen LogP contribution in [0.15, 0.2) is 9.85 Å². The number of hydrogen-bond acceptors (Lipinski definition) is 3. The lowest BCUT2D eigenvalue weighted by atomic mass is 10.0. The highest BCUT2D eigenvalue weighted by atomic mass is 79.9. The van der Waals surface area contributed by atoms with Gasteiger partial charge >= 0.3 is 0 Å². The summed E-state index contributed by atoms with van der Waals surface area (Å²) in [5, 5.41) is 0. The average Bonchev–Trinajstić information content (AvgIpc) is 2.65. The number of halogens is 1. The van der Waals surface area contributed by atoms with E-state index in [9.17, 15) is 4.79 Å². The second kappa shape index (κ2) is 5.08. The van der Waals surface area contributed by atoms with Crippen LogP contribution in [0.4, 0.5) is 0 Å². The van der Waals surface area contributed by atoms with E-state index < -0.39 is 0 Å². The molecule has 1 atom stereocenters. The van der Waals surface area contributed by atoms with Crippen molar-refractivity contribution in [2.75, 3.05) is 6.54 Å². The van der Waals surface area contributed by atoms with E-state index in [1.807, 2.05) is 18.7 Å². The van der Waals surface area contributed by atoms with E-state index in [0.717, 1.165) is 16.8 Å². The number of thiophene rings is 1. The van der Waals surface area contributed by atoms with Gasteiger partial charge in [0.1, 0.15) is 0 Å². The number of rotatable bonds is 2. The van der Waals surface area contributed by atoms with Gasteiger partial charge in [0.2, 0.25) is 5.91 Å². The van der Waals surface area contributed by atoms with Crippen LogP contribution in [0.5, 0.6) is 0 Å². The molecule has 1 aliphatic rings. The van der Waals surface area contributed by atoms with E-state index in [1.54, 1.807) is 11.3 Å². The molecule has 0 aliphatic carbocycles. The van der Waals surface area contributed by atoms with Crippen molar-refractivity contribution in [3.8, 4) is 0 Å². The largest absolute Gasteiger partial charge is 0.337 e. The van der Waals surface area contributed by atoms with Gasteiger partial charge in [-0.1, -0.05) is 13.8 Å². The van der Waals surface area contributed by atoms with E-state index in [1.165, 1.54) is 10.4 Å².